The summed E-state index contributed by atoms with van der Waals surface area (Å²) in [5, 5.41) is 1.09. The van der Waals surface area contributed by atoms with E-state index in [0.717, 1.165) is 81.3 Å². The summed E-state index contributed by atoms with van der Waals surface area (Å²) in [5.41, 5.74) is 2.83. The molecule has 1 aromatic carbocycles. The van der Waals surface area contributed by atoms with E-state index in [1.165, 1.54) is 26.4 Å². The number of rotatable bonds is 8. The molecule has 2 aromatic heterocycles. The Morgan fingerprint density at radius 3 is 2.36 bits per heavy atom. The monoisotopic (exact) mass is 638 g/mol. The van der Waals surface area contributed by atoms with Gasteiger partial charge in [0, 0.05) is 53.3 Å². The zero-order chi connectivity index (χ0) is 30.7. The van der Waals surface area contributed by atoms with Gasteiger partial charge < -0.3 is 14.4 Å². The molecule has 0 N–H and O–H groups in total. The number of carbonyl (C=O) groups is 1. The van der Waals surface area contributed by atoms with Crippen molar-refractivity contribution in [3.63, 3.8) is 0 Å². The number of ether oxygens (including phenoxy) is 2. The Bertz CT molecular complexity index is 1450. The molecule has 1 spiro atoms. The van der Waals surface area contributed by atoms with Crippen LogP contribution in [-0.2, 0) is 16.1 Å². The first-order valence-electron chi connectivity index (χ1n) is 15.5. The highest BCUT2D eigenvalue weighted by molar-refractivity contribution is 6.35. The summed E-state index contributed by atoms with van der Waals surface area (Å²) in [7, 11) is 3.69. The van der Waals surface area contributed by atoms with Crippen LogP contribution in [0.2, 0.25) is 10.0 Å². The number of halogens is 2. The third-order valence-corrected chi connectivity index (χ3v) is 9.87. The van der Waals surface area contributed by atoms with Gasteiger partial charge in [0.05, 0.1) is 25.2 Å². The number of anilines is 1. The fourth-order valence-corrected chi connectivity index (χ4v) is 7.52. The first kappa shape index (κ1) is 31.0. The molecular formula is C33H40Cl2N6O3. The molecule has 0 amide bonds. The van der Waals surface area contributed by atoms with Crippen LogP contribution in [0.3, 0.4) is 0 Å². The quantitative estimate of drug-likeness (QED) is 0.257. The first-order chi connectivity index (χ1) is 21.3. The molecule has 6 rings (SSSR count). The van der Waals surface area contributed by atoms with E-state index in [0.29, 0.717) is 34.0 Å². The van der Waals surface area contributed by atoms with Crippen molar-refractivity contribution in [1.82, 2.24) is 24.8 Å². The van der Waals surface area contributed by atoms with Crippen LogP contribution in [0.1, 0.15) is 50.5 Å². The molecule has 0 bridgehead atoms. The molecular weight excluding hydrogens is 599 g/mol. The second-order valence-corrected chi connectivity index (χ2v) is 13.3. The van der Waals surface area contributed by atoms with Crippen LogP contribution in [-0.4, -0.2) is 83.1 Å². The van der Waals surface area contributed by atoms with Gasteiger partial charge in [-0.25, -0.2) is 15.0 Å². The van der Waals surface area contributed by atoms with Crippen LogP contribution in [0.25, 0.3) is 11.3 Å². The maximum Gasteiger partial charge on any atom is 0.305 e. The van der Waals surface area contributed by atoms with Gasteiger partial charge in [0.2, 0.25) is 11.8 Å². The third kappa shape index (κ3) is 7.28. The van der Waals surface area contributed by atoms with Gasteiger partial charge >= 0.3 is 5.97 Å². The van der Waals surface area contributed by atoms with E-state index in [4.69, 9.17) is 47.6 Å². The summed E-state index contributed by atoms with van der Waals surface area (Å²) in [4.78, 5) is 33.2. The van der Waals surface area contributed by atoms with Gasteiger partial charge in [0.1, 0.15) is 0 Å². The SMILES string of the molecule is COC(=O)CC1CCN(Cc2cc(Oc3cnc(N4CCC[C@@]5(CCCN5C)C4)nc3)nc(-c3cc(Cl)cc(Cl)c3)c2)CC1. The smallest absolute Gasteiger partial charge is 0.305 e. The number of likely N-dealkylation sites (N-methyl/N-ethyl adjacent to an activating group) is 1. The minimum absolute atomic E-state index is 0.137. The Kier molecular flexibility index (Phi) is 9.56. The molecule has 0 radical (unpaired) electrons. The topological polar surface area (TPSA) is 83.9 Å². The predicted molar refractivity (Wildman–Crippen MR) is 172 cm³/mol. The molecule has 3 saturated heterocycles. The largest absolute Gasteiger partial charge is 0.469 e. The summed E-state index contributed by atoms with van der Waals surface area (Å²) in [6.45, 7) is 5.61. The number of piperidine rings is 2. The van der Waals surface area contributed by atoms with Crippen LogP contribution < -0.4 is 9.64 Å². The molecule has 3 fully saturated rings. The lowest BCUT2D eigenvalue weighted by atomic mass is 9.87. The normalized spacial score (nSPS) is 21.6. The maximum absolute atomic E-state index is 11.7. The van der Waals surface area contributed by atoms with Gasteiger partial charge in [-0.15, -0.1) is 0 Å². The highest BCUT2D eigenvalue weighted by Gasteiger charge is 2.42. The molecule has 3 aliphatic rings. The summed E-state index contributed by atoms with van der Waals surface area (Å²) in [6, 6.07) is 9.44. The molecule has 0 aliphatic carbocycles. The molecule has 3 aromatic rings. The molecule has 3 aliphatic heterocycles. The zero-order valence-electron chi connectivity index (χ0n) is 25.5. The summed E-state index contributed by atoms with van der Waals surface area (Å²) < 4.78 is 11.1. The Labute approximate surface area is 269 Å². The van der Waals surface area contributed by atoms with E-state index in [1.54, 1.807) is 18.5 Å². The fourth-order valence-electron chi connectivity index (χ4n) is 7.00. The van der Waals surface area contributed by atoms with E-state index >= 15 is 0 Å². The molecule has 5 heterocycles. The second-order valence-electron chi connectivity index (χ2n) is 12.5. The predicted octanol–water partition coefficient (Wildman–Crippen LogP) is 6.48. The Morgan fingerprint density at radius 2 is 1.68 bits per heavy atom. The molecule has 1 atom stereocenters. The van der Waals surface area contributed by atoms with Gasteiger partial charge in [-0.2, -0.15) is 0 Å². The van der Waals surface area contributed by atoms with Gasteiger partial charge in [0.15, 0.2) is 5.75 Å². The molecule has 9 nitrogen and oxygen atoms in total. The van der Waals surface area contributed by atoms with Gasteiger partial charge in [-0.3, -0.25) is 14.6 Å². The lowest BCUT2D eigenvalue weighted by Crippen LogP contribution is -2.54. The number of hydrogen-bond acceptors (Lipinski definition) is 9. The van der Waals surface area contributed by atoms with Crippen LogP contribution in [0.5, 0.6) is 11.6 Å². The number of benzene rings is 1. The van der Waals surface area contributed by atoms with Crippen LogP contribution in [0.4, 0.5) is 5.95 Å². The van der Waals surface area contributed by atoms with Crippen molar-refractivity contribution in [3.8, 4) is 22.9 Å². The van der Waals surface area contributed by atoms with Crippen LogP contribution >= 0.6 is 23.2 Å². The number of aromatic nitrogens is 3. The Morgan fingerprint density at radius 1 is 0.977 bits per heavy atom. The number of likely N-dealkylation sites (tertiary alicyclic amines) is 2. The minimum Gasteiger partial charge on any atom is -0.469 e. The van der Waals surface area contributed by atoms with E-state index < -0.39 is 0 Å². The third-order valence-electron chi connectivity index (χ3n) is 9.44. The maximum atomic E-state index is 11.7. The lowest BCUT2D eigenvalue weighted by molar-refractivity contribution is -0.142. The number of nitrogens with zero attached hydrogens (tertiary/aromatic N) is 6. The van der Waals surface area contributed by atoms with Crippen LogP contribution in [0.15, 0.2) is 42.7 Å². The number of esters is 1. The van der Waals surface area contributed by atoms with Gasteiger partial charge in [0.25, 0.3) is 0 Å². The number of carbonyl (C=O) groups excluding carboxylic acids is 1. The fraction of sp³-hybridized carbons (Fsp3) is 0.515. The number of hydrogen-bond donors (Lipinski definition) is 0. The van der Waals surface area contributed by atoms with E-state index in [1.807, 2.05) is 18.2 Å². The van der Waals surface area contributed by atoms with Crippen molar-refractivity contribution in [1.29, 1.82) is 0 Å². The van der Waals surface area contributed by atoms with Crippen molar-refractivity contribution < 1.29 is 14.3 Å². The standard InChI is InChI=1S/C33H40Cl2N6O3/c1-39-9-3-7-33(39)8-4-10-41(22-33)32-36-19-28(20-37-32)44-30-14-24(13-29(38-30)25-16-26(34)18-27(35)17-25)21-40-11-5-23(6-12-40)15-31(42)43-2/h13-14,16-20,23H,3-12,15,21-22H2,1-2H3/t33-/m0/s1. The van der Waals surface area contributed by atoms with Gasteiger partial charge in [-0.1, -0.05) is 23.2 Å². The first-order valence-corrected chi connectivity index (χ1v) is 16.3. The molecule has 234 valence electrons. The summed E-state index contributed by atoms with van der Waals surface area (Å²) >= 11 is 12.7. The Balaban J connectivity index is 1.19. The highest BCUT2D eigenvalue weighted by Crippen LogP contribution is 2.37. The molecule has 11 heteroatoms. The summed E-state index contributed by atoms with van der Waals surface area (Å²) in [6.07, 6.45) is 10.7. The van der Waals surface area contributed by atoms with Crippen molar-refractivity contribution >= 4 is 35.1 Å². The van der Waals surface area contributed by atoms with E-state index in [9.17, 15) is 4.79 Å². The van der Waals surface area contributed by atoms with Crippen molar-refractivity contribution in [3.05, 3.63) is 58.3 Å². The average molecular weight is 640 g/mol. The number of pyridine rings is 1. The van der Waals surface area contributed by atoms with Crippen molar-refractivity contribution in [2.45, 2.75) is 57.0 Å². The number of methoxy groups -OCH3 is 1. The summed E-state index contributed by atoms with van der Waals surface area (Å²) in [5.74, 6) is 1.94. The highest BCUT2D eigenvalue weighted by atomic mass is 35.5. The van der Waals surface area contributed by atoms with Crippen LogP contribution in [0, 0.1) is 5.92 Å². The second kappa shape index (κ2) is 13.6. The zero-order valence-corrected chi connectivity index (χ0v) is 27.0. The van der Waals surface area contributed by atoms with Gasteiger partial charge in [-0.05, 0) is 101 Å². The molecule has 44 heavy (non-hydrogen) atoms. The van der Waals surface area contributed by atoms with Crippen molar-refractivity contribution in [2.24, 2.45) is 5.92 Å². The lowest BCUT2D eigenvalue weighted by Gasteiger charge is -2.44. The molecule has 0 unspecified atom stereocenters. The van der Waals surface area contributed by atoms with Crippen molar-refractivity contribution in [2.75, 3.05) is 51.8 Å². The van der Waals surface area contributed by atoms with E-state index in [2.05, 4.69) is 27.8 Å². The average Bonchev–Trinajstić information content (AvgIpc) is 3.36. The minimum atomic E-state index is -0.137. The van der Waals surface area contributed by atoms with E-state index in [-0.39, 0.29) is 11.5 Å². The molecule has 0 saturated carbocycles. The Hall–Kier alpha value is -2.98.